The first-order chi connectivity index (χ1) is 10.5. The molecule has 0 aliphatic rings. The lowest BCUT2D eigenvalue weighted by Gasteiger charge is -2.10. The number of hydrogen-bond acceptors (Lipinski definition) is 3. The molecule has 2 rings (SSSR count). The van der Waals surface area contributed by atoms with Crippen LogP contribution >= 0.6 is 22.6 Å². The summed E-state index contributed by atoms with van der Waals surface area (Å²) < 4.78 is 5.96. The summed E-state index contributed by atoms with van der Waals surface area (Å²) in [7, 11) is 1.57. The Labute approximate surface area is 142 Å². The predicted octanol–water partition coefficient (Wildman–Crippen LogP) is 2.68. The maximum atomic E-state index is 12.0. The predicted molar refractivity (Wildman–Crippen MR) is 91.8 cm³/mol. The van der Waals surface area contributed by atoms with Gasteiger partial charge in [-0.1, -0.05) is 18.2 Å². The second kappa shape index (κ2) is 7.26. The molecule has 114 valence electrons. The van der Waals surface area contributed by atoms with Crippen LogP contribution < -0.4 is 15.6 Å². The van der Waals surface area contributed by atoms with Gasteiger partial charge in [-0.25, -0.2) is 0 Å². The van der Waals surface area contributed by atoms with Gasteiger partial charge in [0.25, 0.3) is 11.8 Å². The van der Waals surface area contributed by atoms with Crippen molar-refractivity contribution in [1.82, 2.24) is 10.9 Å². The number of nitrogens with one attached hydrogen (secondary N) is 2. The Balaban J connectivity index is 2.02. The van der Waals surface area contributed by atoms with Crippen molar-refractivity contribution in [3.05, 3.63) is 62.7 Å². The van der Waals surface area contributed by atoms with Crippen LogP contribution in [0.3, 0.4) is 0 Å². The van der Waals surface area contributed by atoms with E-state index < -0.39 is 0 Å². The van der Waals surface area contributed by atoms with Gasteiger partial charge in [-0.05, 0) is 59.3 Å². The van der Waals surface area contributed by atoms with E-state index in [0.717, 1.165) is 9.13 Å². The summed E-state index contributed by atoms with van der Waals surface area (Å²) >= 11 is 2.08. The number of carbonyl (C=O) groups excluding carboxylic acids is 2. The average Bonchev–Trinajstić information content (AvgIpc) is 2.52. The molecular formula is C16H15IN2O3. The zero-order valence-corrected chi connectivity index (χ0v) is 14.3. The number of benzene rings is 2. The average molecular weight is 410 g/mol. The first-order valence-corrected chi connectivity index (χ1v) is 7.60. The van der Waals surface area contributed by atoms with E-state index in [0.29, 0.717) is 16.9 Å². The lowest BCUT2D eigenvalue weighted by molar-refractivity contribution is 0.0846. The number of ether oxygens (including phenoxy) is 1. The van der Waals surface area contributed by atoms with Crippen molar-refractivity contribution < 1.29 is 14.3 Å². The number of amides is 2. The van der Waals surface area contributed by atoms with Gasteiger partial charge in [0.05, 0.1) is 10.7 Å². The maximum Gasteiger partial charge on any atom is 0.269 e. The van der Waals surface area contributed by atoms with Crippen LogP contribution in [0.1, 0.15) is 26.3 Å². The van der Waals surface area contributed by atoms with Gasteiger partial charge in [0.1, 0.15) is 5.75 Å². The molecule has 0 radical (unpaired) electrons. The Bertz CT molecular complexity index is 716. The van der Waals surface area contributed by atoms with E-state index in [1.54, 1.807) is 37.4 Å². The molecule has 2 aromatic carbocycles. The molecule has 0 spiro atoms. The highest BCUT2D eigenvalue weighted by Crippen LogP contribution is 2.21. The minimum atomic E-state index is -0.387. The highest BCUT2D eigenvalue weighted by atomic mass is 127. The monoisotopic (exact) mass is 410 g/mol. The summed E-state index contributed by atoms with van der Waals surface area (Å²) in [6, 6.07) is 12.2. The highest BCUT2D eigenvalue weighted by Gasteiger charge is 2.12. The van der Waals surface area contributed by atoms with Gasteiger partial charge < -0.3 is 4.74 Å². The van der Waals surface area contributed by atoms with Gasteiger partial charge >= 0.3 is 0 Å². The molecule has 0 saturated heterocycles. The molecule has 5 nitrogen and oxygen atoms in total. The minimum Gasteiger partial charge on any atom is -0.496 e. The Morgan fingerprint density at radius 2 is 1.73 bits per heavy atom. The van der Waals surface area contributed by atoms with E-state index in [1.165, 1.54) is 0 Å². The van der Waals surface area contributed by atoms with Crippen molar-refractivity contribution in [1.29, 1.82) is 0 Å². The summed E-state index contributed by atoms with van der Waals surface area (Å²) in [5.74, 6) is -0.0433. The van der Waals surface area contributed by atoms with E-state index >= 15 is 0 Å². The third kappa shape index (κ3) is 3.76. The highest BCUT2D eigenvalue weighted by molar-refractivity contribution is 14.1. The van der Waals surface area contributed by atoms with Crippen LogP contribution in [0.5, 0.6) is 5.75 Å². The summed E-state index contributed by atoms with van der Waals surface area (Å²) in [6.45, 7) is 1.84. The van der Waals surface area contributed by atoms with Crippen molar-refractivity contribution in [2.75, 3.05) is 7.11 Å². The van der Waals surface area contributed by atoms with Crippen LogP contribution in [0.2, 0.25) is 0 Å². The fourth-order valence-corrected chi connectivity index (χ4v) is 2.62. The van der Waals surface area contributed by atoms with E-state index in [9.17, 15) is 9.59 Å². The number of hydrogen-bond donors (Lipinski definition) is 2. The van der Waals surface area contributed by atoms with Gasteiger partial charge in [0, 0.05) is 11.1 Å². The zero-order chi connectivity index (χ0) is 16.1. The quantitative estimate of drug-likeness (QED) is 0.604. The van der Waals surface area contributed by atoms with Crippen LogP contribution in [-0.4, -0.2) is 18.9 Å². The van der Waals surface area contributed by atoms with Crippen molar-refractivity contribution in [3.8, 4) is 5.75 Å². The molecule has 6 heteroatoms. The normalized spacial score (nSPS) is 9.95. The largest absolute Gasteiger partial charge is 0.496 e. The molecule has 2 amide bonds. The van der Waals surface area contributed by atoms with E-state index in [2.05, 4.69) is 33.4 Å². The lowest BCUT2D eigenvalue weighted by atomic mass is 10.1. The summed E-state index contributed by atoms with van der Waals surface area (Å²) in [5, 5.41) is 0. The van der Waals surface area contributed by atoms with Crippen LogP contribution in [0.15, 0.2) is 42.5 Å². The molecule has 0 aliphatic carbocycles. The lowest BCUT2D eigenvalue weighted by Crippen LogP contribution is -2.41. The number of hydrazine groups is 1. The summed E-state index contributed by atoms with van der Waals surface area (Å²) in [4.78, 5) is 24.1. The van der Waals surface area contributed by atoms with Crippen LogP contribution in [0.25, 0.3) is 0 Å². The van der Waals surface area contributed by atoms with Crippen molar-refractivity contribution >= 4 is 34.4 Å². The molecule has 22 heavy (non-hydrogen) atoms. The van der Waals surface area contributed by atoms with Gasteiger partial charge in [0.2, 0.25) is 0 Å². The maximum absolute atomic E-state index is 12.0. The fraction of sp³-hybridized carbons (Fsp3) is 0.125. The molecule has 0 atom stereocenters. The molecule has 0 bridgehead atoms. The molecule has 2 aromatic rings. The van der Waals surface area contributed by atoms with Crippen LogP contribution in [0.4, 0.5) is 0 Å². The third-order valence-electron chi connectivity index (χ3n) is 3.09. The van der Waals surface area contributed by atoms with Crippen molar-refractivity contribution in [2.45, 2.75) is 6.92 Å². The fourth-order valence-electron chi connectivity index (χ4n) is 1.89. The van der Waals surface area contributed by atoms with Gasteiger partial charge in [-0.2, -0.15) is 0 Å². The third-order valence-corrected chi connectivity index (χ3v) is 3.94. The standard InChI is InChI=1S/C16H15IN2O3/c1-10-5-3-4-6-12(10)16(21)19-18-15(20)11-7-8-14(22-2)13(17)9-11/h3-9H,1-2H3,(H,18,20)(H,19,21). The molecular weight excluding hydrogens is 395 g/mol. The summed E-state index contributed by atoms with van der Waals surface area (Å²) in [6.07, 6.45) is 0. The second-order valence-corrected chi connectivity index (χ2v) is 5.73. The number of aryl methyl sites for hydroxylation is 1. The smallest absolute Gasteiger partial charge is 0.269 e. The minimum absolute atomic E-state index is 0.352. The SMILES string of the molecule is COc1ccc(C(=O)NNC(=O)c2ccccc2C)cc1I. The second-order valence-electron chi connectivity index (χ2n) is 4.57. The molecule has 0 aromatic heterocycles. The number of rotatable bonds is 3. The topological polar surface area (TPSA) is 67.4 Å². The molecule has 0 saturated carbocycles. The number of methoxy groups -OCH3 is 1. The molecule has 0 heterocycles. The van der Waals surface area contributed by atoms with Gasteiger partial charge in [-0.3, -0.25) is 20.4 Å². The first-order valence-electron chi connectivity index (χ1n) is 6.52. The van der Waals surface area contributed by atoms with Gasteiger partial charge in [-0.15, -0.1) is 0 Å². The molecule has 0 unspecified atom stereocenters. The summed E-state index contributed by atoms with van der Waals surface area (Å²) in [5.41, 5.74) is 6.62. The Hall–Kier alpha value is -2.09. The van der Waals surface area contributed by atoms with E-state index in [-0.39, 0.29) is 11.8 Å². The van der Waals surface area contributed by atoms with Crippen molar-refractivity contribution in [2.24, 2.45) is 0 Å². The molecule has 2 N–H and O–H groups in total. The Kier molecular flexibility index (Phi) is 5.37. The Morgan fingerprint density at radius 1 is 1.05 bits per heavy atom. The number of halogens is 1. The molecule has 0 aliphatic heterocycles. The zero-order valence-electron chi connectivity index (χ0n) is 12.1. The first kappa shape index (κ1) is 16.3. The van der Waals surface area contributed by atoms with E-state index in [1.807, 2.05) is 19.1 Å². The van der Waals surface area contributed by atoms with Crippen LogP contribution in [-0.2, 0) is 0 Å². The van der Waals surface area contributed by atoms with Crippen molar-refractivity contribution in [3.63, 3.8) is 0 Å². The van der Waals surface area contributed by atoms with E-state index in [4.69, 9.17) is 4.74 Å². The van der Waals surface area contributed by atoms with Gasteiger partial charge in [0.15, 0.2) is 0 Å². The Morgan fingerprint density at radius 3 is 2.36 bits per heavy atom. The molecule has 0 fully saturated rings. The number of carbonyl (C=O) groups is 2. The van der Waals surface area contributed by atoms with Crippen LogP contribution in [0, 0.1) is 10.5 Å².